The molecule has 0 atom stereocenters. The van der Waals surface area contributed by atoms with Gasteiger partial charge in [-0.25, -0.2) is 0 Å². The molecule has 2 rings (SSSR count). The van der Waals surface area contributed by atoms with Gasteiger partial charge in [0.25, 0.3) is 5.91 Å². The summed E-state index contributed by atoms with van der Waals surface area (Å²) >= 11 is 0. The molecule has 0 aliphatic carbocycles. The van der Waals surface area contributed by atoms with Gasteiger partial charge >= 0.3 is 5.97 Å². The molecular weight excluding hydrogens is 310 g/mol. The number of anilines is 1. The van der Waals surface area contributed by atoms with Crippen molar-refractivity contribution in [3.8, 4) is 11.5 Å². The minimum absolute atomic E-state index is 0.265. The summed E-state index contributed by atoms with van der Waals surface area (Å²) in [5.74, 6) is 0.374. The molecule has 0 aromatic heterocycles. The Balaban J connectivity index is 1.98. The first-order chi connectivity index (χ1) is 11.6. The van der Waals surface area contributed by atoms with E-state index in [0.717, 1.165) is 0 Å². The van der Waals surface area contributed by atoms with Crippen molar-refractivity contribution in [3.63, 3.8) is 0 Å². The molecule has 6 nitrogen and oxygen atoms in total. The van der Waals surface area contributed by atoms with Gasteiger partial charge in [0.15, 0.2) is 0 Å². The lowest BCUT2D eigenvalue weighted by Crippen LogP contribution is -2.12. The summed E-state index contributed by atoms with van der Waals surface area (Å²) in [5.41, 5.74) is 1.08. The average molecular weight is 329 g/mol. The van der Waals surface area contributed by atoms with Crippen LogP contribution in [0.25, 0.3) is 0 Å². The third kappa shape index (κ3) is 5.40. The van der Waals surface area contributed by atoms with E-state index in [2.05, 4.69) is 5.32 Å². The molecule has 0 spiro atoms. The van der Waals surface area contributed by atoms with Crippen LogP contribution in [0.1, 0.15) is 17.3 Å². The van der Waals surface area contributed by atoms with Crippen LogP contribution in [0.3, 0.4) is 0 Å². The van der Waals surface area contributed by atoms with E-state index in [0.29, 0.717) is 36.0 Å². The second kappa shape index (κ2) is 8.69. The third-order valence-electron chi connectivity index (χ3n) is 3.03. The quantitative estimate of drug-likeness (QED) is 0.480. The van der Waals surface area contributed by atoms with Gasteiger partial charge in [0.2, 0.25) is 0 Å². The van der Waals surface area contributed by atoms with E-state index in [1.165, 1.54) is 6.92 Å². The fraction of sp³-hybridized carbons (Fsp3) is 0.222. The van der Waals surface area contributed by atoms with Gasteiger partial charge in [-0.3, -0.25) is 9.59 Å². The van der Waals surface area contributed by atoms with Crippen molar-refractivity contribution in [2.75, 3.05) is 25.6 Å². The Morgan fingerprint density at radius 3 is 2.42 bits per heavy atom. The fourth-order valence-electron chi connectivity index (χ4n) is 1.95. The van der Waals surface area contributed by atoms with Gasteiger partial charge in [-0.2, -0.15) is 0 Å². The summed E-state index contributed by atoms with van der Waals surface area (Å²) < 4.78 is 15.4. The van der Waals surface area contributed by atoms with Crippen LogP contribution >= 0.6 is 0 Å². The Morgan fingerprint density at radius 1 is 1.00 bits per heavy atom. The maximum atomic E-state index is 12.2. The zero-order valence-electron chi connectivity index (χ0n) is 13.6. The molecule has 0 bridgehead atoms. The second-order valence-electron chi connectivity index (χ2n) is 4.94. The highest BCUT2D eigenvalue weighted by atomic mass is 16.5. The molecule has 0 fully saturated rings. The lowest BCUT2D eigenvalue weighted by atomic mass is 10.2. The minimum Gasteiger partial charge on any atom is -0.491 e. The van der Waals surface area contributed by atoms with Crippen LogP contribution in [0.4, 0.5) is 5.69 Å². The topological polar surface area (TPSA) is 73.9 Å². The van der Waals surface area contributed by atoms with Crippen LogP contribution in [0, 0.1) is 0 Å². The third-order valence-corrected chi connectivity index (χ3v) is 3.03. The lowest BCUT2D eigenvalue weighted by molar-refractivity contribution is -0.131. The fourth-order valence-corrected chi connectivity index (χ4v) is 1.95. The standard InChI is InChI=1S/C18H19NO5/c1-13(20)24-16-8-6-14(7-9-16)18(21)19-15-4-3-5-17(12-15)23-11-10-22-2/h3-9,12H,10-11H2,1-2H3,(H,19,21). The molecule has 24 heavy (non-hydrogen) atoms. The van der Waals surface area contributed by atoms with E-state index in [1.54, 1.807) is 55.6 Å². The largest absolute Gasteiger partial charge is 0.491 e. The molecule has 1 N–H and O–H groups in total. The molecule has 2 aromatic carbocycles. The van der Waals surface area contributed by atoms with Gasteiger partial charge in [-0.1, -0.05) is 6.07 Å². The Kier molecular flexibility index (Phi) is 6.33. The first kappa shape index (κ1) is 17.5. The zero-order chi connectivity index (χ0) is 17.4. The molecule has 0 saturated carbocycles. The summed E-state index contributed by atoms with van der Waals surface area (Å²) in [5, 5.41) is 2.79. The average Bonchev–Trinajstić information content (AvgIpc) is 2.55. The molecule has 0 unspecified atom stereocenters. The predicted molar refractivity (Wildman–Crippen MR) is 89.5 cm³/mol. The number of hydrogen-bond donors (Lipinski definition) is 1. The van der Waals surface area contributed by atoms with Crippen LogP contribution in [0.15, 0.2) is 48.5 Å². The first-order valence-electron chi connectivity index (χ1n) is 7.40. The number of esters is 1. The van der Waals surface area contributed by atoms with E-state index >= 15 is 0 Å². The number of ether oxygens (including phenoxy) is 3. The smallest absolute Gasteiger partial charge is 0.308 e. The van der Waals surface area contributed by atoms with Crippen LogP contribution in [0.5, 0.6) is 11.5 Å². The predicted octanol–water partition coefficient (Wildman–Crippen LogP) is 2.89. The monoisotopic (exact) mass is 329 g/mol. The number of carbonyl (C=O) groups is 2. The molecule has 0 aliphatic rings. The van der Waals surface area contributed by atoms with Gasteiger partial charge in [0.1, 0.15) is 18.1 Å². The maximum Gasteiger partial charge on any atom is 0.308 e. The Bertz CT molecular complexity index is 697. The summed E-state index contributed by atoms with van der Waals surface area (Å²) in [6.07, 6.45) is 0. The van der Waals surface area contributed by atoms with Gasteiger partial charge in [0.05, 0.1) is 6.61 Å². The maximum absolute atomic E-state index is 12.2. The highest BCUT2D eigenvalue weighted by Crippen LogP contribution is 2.19. The molecule has 1 amide bonds. The number of nitrogens with one attached hydrogen (secondary N) is 1. The van der Waals surface area contributed by atoms with E-state index in [4.69, 9.17) is 14.2 Å². The van der Waals surface area contributed by atoms with Crippen molar-refractivity contribution in [1.82, 2.24) is 0 Å². The summed E-state index contributed by atoms with van der Waals surface area (Å²) in [4.78, 5) is 23.1. The SMILES string of the molecule is COCCOc1cccc(NC(=O)c2ccc(OC(C)=O)cc2)c1. The number of rotatable bonds is 7. The summed E-state index contributed by atoms with van der Waals surface area (Å²) in [6, 6.07) is 13.4. The number of carbonyl (C=O) groups excluding carboxylic acids is 2. The number of benzene rings is 2. The number of methoxy groups -OCH3 is 1. The molecule has 126 valence electrons. The van der Waals surface area contributed by atoms with Crippen LogP contribution < -0.4 is 14.8 Å². The van der Waals surface area contributed by atoms with Crippen LogP contribution in [0.2, 0.25) is 0 Å². The van der Waals surface area contributed by atoms with E-state index in [1.807, 2.05) is 0 Å². The summed E-state index contributed by atoms with van der Waals surface area (Å²) in [7, 11) is 1.60. The van der Waals surface area contributed by atoms with Crippen LogP contribution in [-0.2, 0) is 9.53 Å². The van der Waals surface area contributed by atoms with Gasteiger partial charge in [-0.05, 0) is 36.4 Å². The van der Waals surface area contributed by atoms with E-state index in [-0.39, 0.29) is 5.91 Å². The minimum atomic E-state index is -0.405. The molecule has 0 saturated heterocycles. The molecule has 2 aromatic rings. The van der Waals surface area contributed by atoms with Crippen molar-refractivity contribution < 1.29 is 23.8 Å². The molecule has 0 radical (unpaired) electrons. The van der Waals surface area contributed by atoms with Crippen molar-refractivity contribution in [1.29, 1.82) is 0 Å². The molecular formula is C18H19NO5. The van der Waals surface area contributed by atoms with E-state index in [9.17, 15) is 9.59 Å². The van der Waals surface area contributed by atoms with Gasteiger partial charge < -0.3 is 19.5 Å². The highest BCUT2D eigenvalue weighted by Gasteiger charge is 2.07. The normalized spacial score (nSPS) is 10.1. The Hall–Kier alpha value is -2.86. The van der Waals surface area contributed by atoms with Gasteiger partial charge in [-0.15, -0.1) is 0 Å². The Morgan fingerprint density at radius 2 is 1.75 bits per heavy atom. The zero-order valence-corrected chi connectivity index (χ0v) is 13.6. The summed E-state index contributed by atoms with van der Waals surface area (Å²) in [6.45, 7) is 2.25. The van der Waals surface area contributed by atoms with Gasteiger partial charge in [0, 0.05) is 31.4 Å². The number of amides is 1. The van der Waals surface area contributed by atoms with E-state index < -0.39 is 5.97 Å². The molecule has 0 aliphatic heterocycles. The van der Waals surface area contributed by atoms with Crippen LogP contribution in [-0.4, -0.2) is 32.2 Å². The van der Waals surface area contributed by atoms with Crippen molar-refractivity contribution >= 4 is 17.6 Å². The lowest BCUT2D eigenvalue weighted by Gasteiger charge is -2.09. The van der Waals surface area contributed by atoms with Crippen molar-refractivity contribution in [2.45, 2.75) is 6.92 Å². The molecule has 6 heteroatoms. The number of hydrogen-bond acceptors (Lipinski definition) is 5. The Labute approximate surface area is 140 Å². The first-order valence-corrected chi connectivity index (χ1v) is 7.40. The van der Waals surface area contributed by atoms with Crippen molar-refractivity contribution in [2.24, 2.45) is 0 Å². The van der Waals surface area contributed by atoms with Crippen molar-refractivity contribution in [3.05, 3.63) is 54.1 Å². The highest BCUT2D eigenvalue weighted by molar-refractivity contribution is 6.04. The second-order valence-corrected chi connectivity index (χ2v) is 4.94. The molecule has 0 heterocycles.